The summed E-state index contributed by atoms with van der Waals surface area (Å²) in [6, 6.07) is 3.92. The van der Waals surface area contributed by atoms with Crippen LogP contribution >= 0.6 is 0 Å². The Hall–Kier alpha value is -3.88. The van der Waals surface area contributed by atoms with Gasteiger partial charge in [0.05, 0.1) is 6.20 Å². The fourth-order valence-electron chi connectivity index (χ4n) is 2.82. The van der Waals surface area contributed by atoms with Gasteiger partial charge >= 0.3 is 0 Å². The predicted octanol–water partition coefficient (Wildman–Crippen LogP) is 0.184. The number of Topliss-reactive ketones (excluding diaryl/α,β-unsaturated/α-hetero) is 1. The van der Waals surface area contributed by atoms with Gasteiger partial charge in [-0.2, -0.15) is 0 Å². The van der Waals surface area contributed by atoms with Gasteiger partial charge in [-0.3, -0.25) is 23.7 Å². The number of pyridine rings is 1. The Morgan fingerprint density at radius 1 is 1.25 bits per heavy atom. The standard InChI is InChI=1S/C19H17N5O4/c1-11-22-10-14(24(11)16-7-2-3-8-21-16)19(28)23-13(17(26)18(20)27)9-12-5-4-6-15(12)25/h2-8,10,13H,9H2,1H3,(H2,20,27)(H,23,28). The largest absolute Gasteiger partial charge is 0.363 e. The van der Waals surface area contributed by atoms with Crippen LogP contribution in [0, 0.1) is 6.92 Å². The summed E-state index contributed by atoms with van der Waals surface area (Å²) < 4.78 is 1.52. The van der Waals surface area contributed by atoms with E-state index in [-0.39, 0.29) is 17.9 Å². The lowest BCUT2D eigenvalue weighted by molar-refractivity contribution is -0.137. The number of aryl methyl sites for hydroxylation is 1. The molecule has 0 saturated carbocycles. The van der Waals surface area contributed by atoms with Crippen molar-refractivity contribution in [2.45, 2.75) is 19.4 Å². The average Bonchev–Trinajstić information content (AvgIpc) is 3.26. The summed E-state index contributed by atoms with van der Waals surface area (Å²) in [4.78, 5) is 56.5. The van der Waals surface area contributed by atoms with Crippen LogP contribution in [0.5, 0.6) is 0 Å². The van der Waals surface area contributed by atoms with Crippen LogP contribution in [-0.2, 0) is 14.4 Å². The minimum atomic E-state index is -1.27. The van der Waals surface area contributed by atoms with Gasteiger partial charge in [0.25, 0.3) is 11.8 Å². The summed E-state index contributed by atoms with van der Waals surface area (Å²) in [5, 5.41) is 2.49. The quantitative estimate of drug-likeness (QED) is 0.659. The minimum Gasteiger partial charge on any atom is -0.363 e. The van der Waals surface area contributed by atoms with Gasteiger partial charge in [-0.15, -0.1) is 0 Å². The first-order valence-electron chi connectivity index (χ1n) is 8.40. The van der Waals surface area contributed by atoms with E-state index in [2.05, 4.69) is 15.3 Å². The molecule has 9 nitrogen and oxygen atoms in total. The molecule has 2 aromatic heterocycles. The summed E-state index contributed by atoms with van der Waals surface area (Å²) in [7, 11) is 0. The number of nitrogens with zero attached hydrogens (tertiary/aromatic N) is 3. The maximum Gasteiger partial charge on any atom is 0.287 e. The van der Waals surface area contributed by atoms with Gasteiger partial charge in [0.2, 0.25) is 5.78 Å². The van der Waals surface area contributed by atoms with Crippen molar-refractivity contribution in [3.8, 4) is 5.82 Å². The summed E-state index contributed by atoms with van der Waals surface area (Å²) in [6.45, 7) is 1.70. The maximum absolute atomic E-state index is 12.8. The lowest BCUT2D eigenvalue weighted by atomic mass is 10.0. The molecule has 142 valence electrons. The number of hydrogen-bond donors (Lipinski definition) is 2. The van der Waals surface area contributed by atoms with E-state index in [0.717, 1.165) is 0 Å². The maximum atomic E-state index is 12.8. The second-order valence-electron chi connectivity index (χ2n) is 6.09. The molecule has 2 heterocycles. The first kappa shape index (κ1) is 18.9. The van der Waals surface area contributed by atoms with Crippen LogP contribution in [0.25, 0.3) is 5.82 Å². The highest BCUT2D eigenvalue weighted by atomic mass is 16.2. The van der Waals surface area contributed by atoms with Crippen molar-refractivity contribution in [1.29, 1.82) is 0 Å². The van der Waals surface area contributed by atoms with E-state index >= 15 is 0 Å². The van der Waals surface area contributed by atoms with Crippen LogP contribution in [-0.4, -0.2) is 44.0 Å². The van der Waals surface area contributed by atoms with Crippen molar-refractivity contribution in [2.24, 2.45) is 5.73 Å². The number of imidazole rings is 1. The molecular weight excluding hydrogens is 362 g/mol. The highest BCUT2D eigenvalue weighted by Gasteiger charge is 2.29. The number of carbonyl (C=O) groups is 4. The molecular formula is C19H17N5O4. The highest BCUT2D eigenvalue weighted by molar-refractivity contribution is 6.38. The van der Waals surface area contributed by atoms with Gasteiger partial charge in [-0.05, 0) is 25.1 Å². The van der Waals surface area contributed by atoms with Crippen molar-refractivity contribution in [3.63, 3.8) is 0 Å². The Morgan fingerprint density at radius 3 is 2.64 bits per heavy atom. The van der Waals surface area contributed by atoms with E-state index in [1.54, 1.807) is 31.3 Å². The number of ketones is 2. The van der Waals surface area contributed by atoms with E-state index in [1.807, 2.05) is 0 Å². The van der Waals surface area contributed by atoms with Crippen molar-refractivity contribution in [2.75, 3.05) is 0 Å². The molecule has 1 atom stereocenters. The lowest BCUT2D eigenvalue weighted by Gasteiger charge is -2.17. The van der Waals surface area contributed by atoms with E-state index in [9.17, 15) is 19.2 Å². The Kier molecular flexibility index (Phi) is 5.25. The van der Waals surface area contributed by atoms with Crippen LogP contribution in [0.3, 0.4) is 0 Å². The molecule has 3 N–H and O–H groups in total. The fourth-order valence-corrected chi connectivity index (χ4v) is 2.82. The van der Waals surface area contributed by atoms with E-state index < -0.39 is 23.6 Å². The number of nitrogens with two attached hydrogens (primary N) is 1. The zero-order valence-electron chi connectivity index (χ0n) is 15.0. The van der Waals surface area contributed by atoms with Crippen molar-refractivity contribution in [1.82, 2.24) is 19.9 Å². The molecule has 1 unspecified atom stereocenters. The Bertz CT molecular complexity index is 1020. The Balaban J connectivity index is 1.88. The van der Waals surface area contributed by atoms with Crippen LogP contribution in [0.4, 0.5) is 0 Å². The second-order valence-corrected chi connectivity index (χ2v) is 6.09. The number of primary amides is 1. The average molecular weight is 379 g/mol. The number of aromatic nitrogens is 3. The van der Waals surface area contributed by atoms with Gasteiger partial charge in [-0.1, -0.05) is 18.2 Å². The van der Waals surface area contributed by atoms with E-state index in [0.29, 0.717) is 17.2 Å². The monoisotopic (exact) mass is 379 g/mol. The highest BCUT2D eigenvalue weighted by Crippen LogP contribution is 2.16. The predicted molar refractivity (Wildman–Crippen MR) is 98.4 cm³/mol. The normalized spacial score (nSPS) is 13.9. The first-order valence-corrected chi connectivity index (χ1v) is 8.40. The summed E-state index contributed by atoms with van der Waals surface area (Å²) >= 11 is 0. The van der Waals surface area contributed by atoms with Gasteiger partial charge in [0.1, 0.15) is 23.4 Å². The molecule has 2 amide bonds. The van der Waals surface area contributed by atoms with Crippen LogP contribution < -0.4 is 11.1 Å². The zero-order valence-corrected chi connectivity index (χ0v) is 15.0. The van der Waals surface area contributed by atoms with Crippen LogP contribution in [0.1, 0.15) is 22.7 Å². The third-order valence-corrected chi connectivity index (χ3v) is 4.20. The molecule has 0 aliphatic heterocycles. The molecule has 3 rings (SSSR count). The summed E-state index contributed by atoms with van der Waals surface area (Å²) in [5.41, 5.74) is 5.53. The molecule has 2 aromatic rings. The fraction of sp³-hybridized carbons (Fsp3) is 0.158. The van der Waals surface area contributed by atoms with Gasteiger partial charge in [0, 0.05) is 18.2 Å². The van der Waals surface area contributed by atoms with Crippen molar-refractivity contribution in [3.05, 3.63) is 65.9 Å². The minimum absolute atomic E-state index is 0.128. The molecule has 1 aliphatic carbocycles. The Labute approximate surface area is 160 Å². The van der Waals surface area contributed by atoms with Crippen LogP contribution in [0.2, 0.25) is 0 Å². The van der Waals surface area contributed by atoms with Crippen molar-refractivity contribution < 1.29 is 19.2 Å². The lowest BCUT2D eigenvalue weighted by Crippen LogP contribution is -2.47. The molecule has 0 spiro atoms. The zero-order chi connectivity index (χ0) is 20.3. The molecule has 0 radical (unpaired) electrons. The smallest absolute Gasteiger partial charge is 0.287 e. The molecule has 1 aliphatic rings. The second kappa shape index (κ2) is 7.78. The first-order chi connectivity index (χ1) is 13.4. The van der Waals surface area contributed by atoms with E-state index in [1.165, 1.54) is 29.0 Å². The molecule has 0 bridgehead atoms. The topological polar surface area (TPSA) is 137 Å². The molecule has 0 aromatic carbocycles. The number of hydrogen-bond acceptors (Lipinski definition) is 6. The number of rotatable bonds is 7. The third-order valence-electron chi connectivity index (χ3n) is 4.20. The van der Waals surface area contributed by atoms with Crippen LogP contribution in [0.15, 0.2) is 54.4 Å². The van der Waals surface area contributed by atoms with Gasteiger partial charge < -0.3 is 11.1 Å². The van der Waals surface area contributed by atoms with Gasteiger partial charge in [-0.25, -0.2) is 9.97 Å². The number of nitrogens with one attached hydrogen (secondary N) is 1. The SMILES string of the molecule is Cc1ncc(C(=O)NC(CC2=CC=CC2=O)C(=O)C(N)=O)n1-c1ccccn1. The molecule has 0 saturated heterocycles. The third kappa shape index (κ3) is 3.78. The van der Waals surface area contributed by atoms with E-state index in [4.69, 9.17) is 5.73 Å². The number of allylic oxidation sites excluding steroid dienone is 3. The molecule has 0 fully saturated rings. The molecule has 9 heteroatoms. The number of amides is 2. The van der Waals surface area contributed by atoms with Crippen molar-refractivity contribution >= 4 is 23.4 Å². The Morgan fingerprint density at radius 2 is 2.04 bits per heavy atom. The summed E-state index contributed by atoms with van der Waals surface area (Å²) in [5.74, 6) is -2.14. The summed E-state index contributed by atoms with van der Waals surface area (Å²) in [6.07, 6.45) is 7.16. The number of carbonyl (C=O) groups excluding carboxylic acids is 4. The van der Waals surface area contributed by atoms with Gasteiger partial charge in [0.15, 0.2) is 5.78 Å². The molecule has 28 heavy (non-hydrogen) atoms.